The fourth-order valence-corrected chi connectivity index (χ4v) is 8.87. The molecular formula is C21H26FNO3S2. The molecule has 1 N–H and O–H groups in total. The third-order valence-corrected chi connectivity index (χ3v) is 10.2. The molecular weight excluding hydrogens is 397 g/mol. The van der Waals surface area contributed by atoms with Crippen molar-refractivity contribution < 1.29 is 18.7 Å². The molecule has 3 aliphatic rings. The van der Waals surface area contributed by atoms with Crippen LogP contribution >= 0.6 is 23.5 Å². The Bertz CT molecular complexity index is 737. The first kappa shape index (κ1) is 20.1. The molecule has 3 fully saturated rings. The summed E-state index contributed by atoms with van der Waals surface area (Å²) in [6.45, 7) is 1.57. The molecule has 2 aliphatic carbocycles. The molecule has 1 aromatic rings. The van der Waals surface area contributed by atoms with E-state index in [0.717, 1.165) is 12.8 Å². The van der Waals surface area contributed by atoms with Crippen LogP contribution in [0.4, 0.5) is 10.1 Å². The SMILES string of the molecule is C[C@@H](OC(=O)C1C[C@H]2CCC[C@@H](C1)C21SCCS1)C(=O)Nc1cccc(F)c1. The average molecular weight is 424 g/mol. The number of ether oxygens (including phenoxy) is 1. The van der Waals surface area contributed by atoms with E-state index in [-0.39, 0.29) is 11.9 Å². The topological polar surface area (TPSA) is 55.4 Å². The maximum atomic E-state index is 13.3. The second-order valence-electron chi connectivity index (χ2n) is 7.99. The Hall–Kier alpha value is -1.21. The fourth-order valence-electron chi connectivity index (χ4n) is 4.94. The van der Waals surface area contributed by atoms with Crippen molar-refractivity contribution >= 4 is 41.1 Å². The van der Waals surface area contributed by atoms with Crippen LogP contribution in [-0.4, -0.2) is 33.6 Å². The zero-order chi connectivity index (χ0) is 19.7. The second-order valence-corrected chi connectivity index (χ2v) is 11.0. The van der Waals surface area contributed by atoms with E-state index in [1.165, 1.54) is 49.0 Å². The van der Waals surface area contributed by atoms with E-state index < -0.39 is 17.8 Å². The van der Waals surface area contributed by atoms with Crippen LogP contribution in [0.3, 0.4) is 0 Å². The van der Waals surface area contributed by atoms with Gasteiger partial charge < -0.3 is 10.1 Å². The van der Waals surface area contributed by atoms with Crippen molar-refractivity contribution in [1.82, 2.24) is 0 Å². The van der Waals surface area contributed by atoms with Gasteiger partial charge in [-0.15, -0.1) is 23.5 Å². The van der Waals surface area contributed by atoms with Gasteiger partial charge in [0.25, 0.3) is 5.91 Å². The summed E-state index contributed by atoms with van der Waals surface area (Å²) in [7, 11) is 0. The van der Waals surface area contributed by atoms with Gasteiger partial charge in [0, 0.05) is 17.2 Å². The summed E-state index contributed by atoms with van der Waals surface area (Å²) in [6.07, 6.45) is 4.47. The van der Waals surface area contributed by atoms with Crippen molar-refractivity contribution in [2.24, 2.45) is 17.8 Å². The van der Waals surface area contributed by atoms with E-state index in [1.54, 1.807) is 13.0 Å². The molecule has 1 aliphatic heterocycles. The van der Waals surface area contributed by atoms with E-state index in [9.17, 15) is 14.0 Å². The van der Waals surface area contributed by atoms with Gasteiger partial charge in [-0.3, -0.25) is 9.59 Å². The molecule has 2 saturated carbocycles. The highest BCUT2D eigenvalue weighted by molar-refractivity contribution is 8.21. The third kappa shape index (κ3) is 3.92. The first-order valence-electron chi connectivity index (χ1n) is 10.0. The van der Waals surface area contributed by atoms with Crippen LogP contribution in [0.1, 0.15) is 39.0 Å². The molecule has 4 nitrogen and oxygen atoms in total. The Morgan fingerprint density at radius 1 is 1.21 bits per heavy atom. The molecule has 7 heteroatoms. The van der Waals surface area contributed by atoms with Crippen molar-refractivity contribution in [1.29, 1.82) is 0 Å². The maximum Gasteiger partial charge on any atom is 0.309 e. The molecule has 1 amide bonds. The quantitative estimate of drug-likeness (QED) is 0.712. The smallest absolute Gasteiger partial charge is 0.309 e. The van der Waals surface area contributed by atoms with Crippen LogP contribution in [0.15, 0.2) is 24.3 Å². The number of carbonyl (C=O) groups is 2. The van der Waals surface area contributed by atoms with Gasteiger partial charge in [0.15, 0.2) is 6.10 Å². The van der Waals surface area contributed by atoms with E-state index in [2.05, 4.69) is 28.8 Å². The number of anilines is 1. The molecule has 1 aromatic carbocycles. The lowest BCUT2D eigenvalue weighted by Crippen LogP contribution is -2.48. The molecule has 4 atom stereocenters. The van der Waals surface area contributed by atoms with Crippen molar-refractivity contribution in [2.75, 3.05) is 16.8 Å². The van der Waals surface area contributed by atoms with Gasteiger partial charge in [-0.1, -0.05) is 12.5 Å². The molecule has 2 bridgehead atoms. The van der Waals surface area contributed by atoms with Crippen LogP contribution < -0.4 is 5.32 Å². The van der Waals surface area contributed by atoms with Gasteiger partial charge in [-0.05, 0) is 62.6 Å². The number of nitrogens with one attached hydrogen (secondary N) is 1. The predicted octanol–water partition coefficient (Wildman–Crippen LogP) is 4.70. The van der Waals surface area contributed by atoms with Gasteiger partial charge in [0.1, 0.15) is 5.82 Å². The highest BCUT2D eigenvalue weighted by Gasteiger charge is 2.55. The zero-order valence-electron chi connectivity index (χ0n) is 16.0. The number of amides is 1. The van der Waals surface area contributed by atoms with Crippen LogP contribution in [-0.2, 0) is 14.3 Å². The number of rotatable bonds is 4. The molecule has 1 spiro atoms. The Morgan fingerprint density at radius 2 is 1.89 bits per heavy atom. The number of thioether (sulfide) groups is 2. The van der Waals surface area contributed by atoms with Gasteiger partial charge in [-0.25, -0.2) is 4.39 Å². The molecule has 28 heavy (non-hydrogen) atoms. The van der Waals surface area contributed by atoms with E-state index >= 15 is 0 Å². The first-order chi connectivity index (χ1) is 13.5. The van der Waals surface area contributed by atoms with E-state index in [0.29, 0.717) is 21.6 Å². The summed E-state index contributed by atoms with van der Waals surface area (Å²) < 4.78 is 19.1. The lowest BCUT2D eigenvalue weighted by molar-refractivity contribution is -0.159. The minimum absolute atomic E-state index is 0.118. The Balaban J connectivity index is 1.35. The van der Waals surface area contributed by atoms with Gasteiger partial charge in [0.2, 0.25) is 0 Å². The molecule has 1 unspecified atom stereocenters. The maximum absolute atomic E-state index is 13.3. The number of halogens is 1. The van der Waals surface area contributed by atoms with Crippen molar-refractivity contribution in [3.8, 4) is 0 Å². The Labute approximate surface area is 173 Å². The zero-order valence-corrected chi connectivity index (χ0v) is 17.6. The summed E-state index contributed by atoms with van der Waals surface area (Å²) in [6, 6.07) is 5.68. The second kappa shape index (κ2) is 8.27. The van der Waals surface area contributed by atoms with Crippen molar-refractivity contribution in [3.05, 3.63) is 30.1 Å². The highest BCUT2D eigenvalue weighted by atomic mass is 32.2. The number of hydrogen-bond donors (Lipinski definition) is 1. The summed E-state index contributed by atoms with van der Waals surface area (Å²) >= 11 is 4.22. The Morgan fingerprint density at radius 3 is 2.54 bits per heavy atom. The lowest BCUT2D eigenvalue weighted by atomic mass is 9.67. The summed E-state index contributed by atoms with van der Waals surface area (Å²) in [5, 5.41) is 2.61. The monoisotopic (exact) mass is 423 g/mol. The van der Waals surface area contributed by atoms with Crippen molar-refractivity contribution in [3.63, 3.8) is 0 Å². The minimum Gasteiger partial charge on any atom is -0.452 e. The van der Waals surface area contributed by atoms with E-state index in [1.807, 2.05) is 0 Å². The average Bonchev–Trinajstić information content (AvgIpc) is 3.11. The lowest BCUT2D eigenvalue weighted by Gasteiger charge is -2.51. The minimum atomic E-state index is -0.901. The number of hydrogen-bond acceptors (Lipinski definition) is 5. The first-order valence-corrected chi connectivity index (χ1v) is 12.0. The number of esters is 1. The van der Waals surface area contributed by atoms with Gasteiger partial charge in [-0.2, -0.15) is 0 Å². The third-order valence-electron chi connectivity index (χ3n) is 6.21. The molecule has 4 rings (SSSR count). The van der Waals surface area contributed by atoms with Gasteiger partial charge in [0.05, 0.1) is 10.00 Å². The normalized spacial score (nSPS) is 29.3. The largest absolute Gasteiger partial charge is 0.452 e. The standard InChI is InChI=1S/C21H26FNO3S2/c1-13(19(24)23-18-7-3-6-17(22)12-18)26-20(25)14-10-15-4-2-5-16(11-14)21(15)27-8-9-28-21/h3,6-7,12-16H,2,4-5,8-11H2,1H3,(H,23,24)/t13-,14?,15-,16+/m1/s1. The van der Waals surface area contributed by atoms with Crippen LogP contribution in [0.5, 0.6) is 0 Å². The number of benzene rings is 1. The predicted molar refractivity (Wildman–Crippen MR) is 112 cm³/mol. The number of carbonyl (C=O) groups excluding carboxylic acids is 2. The van der Waals surface area contributed by atoms with Crippen molar-refractivity contribution in [2.45, 2.75) is 49.2 Å². The summed E-state index contributed by atoms with van der Waals surface area (Å²) in [4.78, 5) is 25.1. The van der Waals surface area contributed by atoms with Gasteiger partial charge >= 0.3 is 5.97 Å². The van der Waals surface area contributed by atoms with E-state index in [4.69, 9.17) is 4.74 Å². The van der Waals surface area contributed by atoms with Crippen LogP contribution in [0.2, 0.25) is 0 Å². The van der Waals surface area contributed by atoms with Crippen LogP contribution in [0.25, 0.3) is 0 Å². The highest BCUT2D eigenvalue weighted by Crippen LogP contribution is 2.64. The molecule has 1 saturated heterocycles. The molecule has 1 heterocycles. The molecule has 0 radical (unpaired) electrons. The van der Waals surface area contributed by atoms with Crippen LogP contribution in [0, 0.1) is 23.6 Å². The summed E-state index contributed by atoms with van der Waals surface area (Å²) in [5.74, 6) is 2.31. The summed E-state index contributed by atoms with van der Waals surface area (Å²) in [5.41, 5.74) is 0.359. The fraction of sp³-hybridized carbons (Fsp3) is 0.619. The molecule has 0 aromatic heterocycles. The Kier molecular flexibility index (Phi) is 5.93. The molecule has 152 valence electrons.